The summed E-state index contributed by atoms with van der Waals surface area (Å²) >= 11 is 6.55. The van der Waals surface area contributed by atoms with Gasteiger partial charge in [0.2, 0.25) is 0 Å². The molecule has 0 aliphatic carbocycles. The Balaban J connectivity index is 1.99. The lowest BCUT2D eigenvalue weighted by Gasteiger charge is -2.09. The number of rotatable bonds is 2. The van der Waals surface area contributed by atoms with Gasteiger partial charge in [-0.1, -0.05) is 78.3 Å². The Labute approximate surface area is 157 Å². The molecule has 0 saturated carbocycles. The van der Waals surface area contributed by atoms with Crippen LogP contribution in [0.25, 0.3) is 38.6 Å². The summed E-state index contributed by atoms with van der Waals surface area (Å²) in [6.07, 6.45) is 0. The van der Waals surface area contributed by atoms with E-state index in [1.54, 1.807) is 0 Å². The average molecular weight is 354 g/mol. The van der Waals surface area contributed by atoms with Crippen LogP contribution in [0.15, 0.2) is 97.1 Å². The van der Waals surface area contributed by atoms with Crippen LogP contribution in [0.2, 0.25) is 5.02 Å². The van der Waals surface area contributed by atoms with Crippen LogP contribution in [0, 0.1) is 0 Å². The maximum atomic E-state index is 6.55. The molecule has 0 radical (unpaired) electrons. The average Bonchev–Trinajstić information content (AvgIpc) is 3.02. The zero-order valence-corrected chi connectivity index (χ0v) is 14.8. The third-order valence-corrected chi connectivity index (χ3v) is 5.05. The van der Waals surface area contributed by atoms with Gasteiger partial charge in [-0.3, -0.25) is 0 Å². The number of benzene rings is 4. The van der Waals surface area contributed by atoms with Gasteiger partial charge >= 0.3 is 0 Å². The first-order valence-electron chi connectivity index (χ1n) is 8.66. The lowest BCUT2D eigenvalue weighted by Crippen LogP contribution is -1.93. The Morgan fingerprint density at radius 2 is 1.27 bits per heavy atom. The Morgan fingerprint density at radius 1 is 0.615 bits per heavy atom. The van der Waals surface area contributed by atoms with Crippen molar-refractivity contribution in [1.29, 1.82) is 0 Å². The molecule has 5 rings (SSSR count). The molecule has 4 aromatic carbocycles. The smallest absolute Gasteiger partial charge is 0.0562 e. The molecule has 0 atom stereocenters. The lowest BCUT2D eigenvalue weighted by molar-refractivity contribution is 1.18. The summed E-state index contributed by atoms with van der Waals surface area (Å²) in [6, 6.07) is 33.6. The van der Waals surface area contributed by atoms with E-state index in [1.807, 2.05) is 12.1 Å². The first kappa shape index (κ1) is 15.2. The maximum absolute atomic E-state index is 6.55. The summed E-state index contributed by atoms with van der Waals surface area (Å²) in [7, 11) is 0. The van der Waals surface area contributed by atoms with E-state index in [0.717, 1.165) is 16.2 Å². The first-order chi connectivity index (χ1) is 12.8. The minimum atomic E-state index is 0.747. The van der Waals surface area contributed by atoms with Gasteiger partial charge in [-0.05, 0) is 41.5 Å². The van der Waals surface area contributed by atoms with Gasteiger partial charge in [0, 0.05) is 21.5 Å². The fourth-order valence-electron chi connectivity index (χ4n) is 3.76. The van der Waals surface area contributed by atoms with Crippen molar-refractivity contribution in [2.24, 2.45) is 0 Å². The maximum Gasteiger partial charge on any atom is 0.0562 e. The van der Waals surface area contributed by atoms with Gasteiger partial charge in [0.1, 0.15) is 0 Å². The van der Waals surface area contributed by atoms with Crippen LogP contribution in [0.1, 0.15) is 0 Å². The highest BCUT2D eigenvalue weighted by molar-refractivity contribution is 6.32. The van der Waals surface area contributed by atoms with Gasteiger partial charge in [-0.25, -0.2) is 0 Å². The molecule has 0 unspecified atom stereocenters. The van der Waals surface area contributed by atoms with Crippen LogP contribution >= 0.6 is 11.6 Å². The van der Waals surface area contributed by atoms with Crippen molar-refractivity contribution in [1.82, 2.24) is 4.57 Å². The van der Waals surface area contributed by atoms with Crippen molar-refractivity contribution in [2.75, 3.05) is 0 Å². The van der Waals surface area contributed by atoms with E-state index >= 15 is 0 Å². The second-order valence-corrected chi connectivity index (χ2v) is 6.84. The number of nitrogens with zero attached hydrogens (tertiary/aromatic N) is 1. The minimum absolute atomic E-state index is 0.747. The van der Waals surface area contributed by atoms with Gasteiger partial charge < -0.3 is 4.57 Å². The molecule has 0 spiro atoms. The Hall–Kier alpha value is -3.03. The van der Waals surface area contributed by atoms with Crippen molar-refractivity contribution < 1.29 is 0 Å². The highest BCUT2D eigenvalue weighted by Crippen LogP contribution is 2.40. The Morgan fingerprint density at radius 3 is 2.04 bits per heavy atom. The highest BCUT2D eigenvalue weighted by atomic mass is 35.5. The predicted molar refractivity (Wildman–Crippen MR) is 111 cm³/mol. The van der Waals surface area contributed by atoms with E-state index in [2.05, 4.69) is 89.5 Å². The molecule has 0 saturated heterocycles. The largest absolute Gasteiger partial charge is 0.309 e. The van der Waals surface area contributed by atoms with Gasteiger partial charge in [-0.15, -0.1) is 0 Å². The van der Waals surface area contributed by atoms with E-state index in [-0.39, 0.29) is 0 Å². The minimum Gasteiger partial charge on any atom is -0.309 e. The molecule has 26 heavy (non-hydrogen) atoms. The summed E-state index contributed by atoms with van der Waals surface area (Å²) in [4.78, 5) is 0. The van der Waals surface area contributed by atoms with E-state index in [9.17, 15) is 0 Å². The molecule has 1 heterocycles. The molecule has 1 aromatic heterocycles. The van der Waals surface area contributed by atoms with Crippen molar-refractivity contribution in [2.45, 2.75) is 0 Å². The Bertz CT molecular complexity index is 1220. The summed E-state index contributed by atoms with van der Waals surface area (Å²) in [5.41, 5.74) is 5.80. The zero-order valence-electron chi connectivity index (χ0n) is 14.1. The third kappa shape index (κ3) is 2.33. The predicted octanol–water partition coefficient (Wildman–Crippen LogP) is 7.10. The molecule has 0 amide bonds. The van der Waals surface area contributed by atoms with E-state index in [1.165, 1.54) is 27.4 Å². The number of halogens is 1. The number of fused-ring (bicyclic) bond motifs is 3. The summed E-state index contributed by atoms with van der Waals surface area (Å²) in [6.45, 7) is 0. The van der Waals surface area contributed by atoms with E-state index in [4.69, 9.17) is 11.6 Å². The zero-order chi connectivity index (χ0) is 17.5. The fraction of sp³-hybridized carbons (Fsp3) is 0. The van der Waals surface area contributed by atoms with Crippen LogP contribution in [0.4, 0.5) is 0 Å². The van der Waals surface area contributed by atoms with Crippen molar-refractivity contribution in [3.05, 3.63) is 102 Å². The van der Waals surface area contributed by atoms with Gasteiger partial charge in [-0.2, -0.15) is 0 Å². The van der Waals surface area contributed by atoms with Crippen molar-refractivity contribution >= 4 is 33.4 Å². The highest BCUT2D eigenvalue weighted by Gasteiger charge is 2.16. The third-order valence-electron chi connectivity index (χ3n) is 4.84. The summed E-state index contributed by atoms with van der Waals surface area (Å²) < 4.78 is 2.29. The second-order valence-electron chi connectivity index (χ2n) is 6.40. The van der Waals surface area contributed by atoms with Gasteiger partial charge in [0.15, 0.2) is 0 Å². The number of hydrogen-bond acceptors (Lipinski definition) is 0. The van der Waals surface area contributed by atoms with Crippen LogP contribution in [0.5, 0.6) is 0 Å². The first-order valence-corrected chi connectivity index (χ1v) is 9.04. The van der Waals surface area contributed by atoms with Gasteiger partial charge in [0.05, 0.1) is 11.0 Å². The van der Waals surface area contributed by atoms with Crippen molar-refractivity contribution in [3.8, 4) is 16.8 Å². The van der Waals surface area contributed by atoms with Crippen LogP contribution in [0.3, 0.4) is 0 Å². The SMILES string of the molecule is Clc1cc(-c2ccccc2)c2c3ccccc3n(-c3ccccc3)c2c1. The molecular formula is C24H16ClN. The van der Waals surface area contributed by atoms with Crippen molar-refractivity contribution in [3.63, 3.8) is 0 Å². The van der Waals surface area contributed by atoms with E-state index in [0.29, 0.717) is 0 Å². The molecule has 0 bridgehead atoms. The molecule has 1 nitrogen and oxygen atoms in total. The molecule has 0 aliphatic heterocycles. The summed E-state index contributed by atoms with van der Waals surface area (Å²) in [5.74, 6) is 0. The monoisotopic (exact) mass is 353 g/mol. The molecule has 0 fully saturated rings. The second kappa shape index (κ2) is 6.05. The quantitative estimate of drug-likeness (QED) is 0.319. The lowest BCUT2D eigenvalue weighted by atomic mass is 9.99. The van der Waals surface area contributed by atoms with Crippen LogP contribution in [-0.2, 0) is 0 Å². The fourth-order valence-corrected chi connectivity index (χ4v) is 3.97. The number of para-hydroxylation sites is 2. The Kier molecular flexibility index (Phi) is 3.55. The summed E-state index contributed by atoms with van der Waals surface area (Å²) in [5, 5.41) is 3.22. The van der Waals surface area contributed by atoms with Gasteiger partial charge in [0.25, 0.3) is 0 Å². The van der Waals surface area contributed by atoms with E-state index < -0.39 is 0 Å². The molecule has 2 heteroatoms. The molecule has 5 aromatic rings. The normalized spacial score (nSPS) is 11.3. The topological polar surface area (TPSA) is 4.93 Å². The van der Waals surface area contributed by atoms with Crippen LogP contribution < -0.4 is 0 Å². The van der Waals surface area contributed by atoms with Crippen LogP contribution in [-0.4, -0.2) is 4.57 Å². The molecular weight excluding hydrogens is 338 g/mol. The number of aromatic nitrogens is 1. The molecule has 0 aliphatic rings. The molecule has 124 valence electrons. The number of hydrogen-bond donors (Lipinski definition) is 0. The molecule has 0 N–H and O–H groups in total. The standard InChI is InChI=1S/C24H16ClN/c25-18-15-21(17-9-3-1-4-10-17)24-20-13-7-8-14-22(20)26(23(24)16-18)19-11-5-2-6-12-19/h1-16H.